The van der Waals surface area contributed by atoms with Crippen molar-refractivity contribution in [3.8, 4) is 0 Å². The Kier molecular flexibility index (Phi) is 6.35. The third kappa shape index (κ3) is 4.37. The van der Waals surface area contributed by atoms with Crippen molar-refractivity contribution in [1.82, 2.24) is 29.0 Å². The van der Waals surface area contributed by atoms with Crippen molar-refractivity contribution in [3.63, 3.8) is 0 Å². The topological polar surface area (TPSA) is 131 Å². The molecule has 0 aromatic carbocycles. The number of fused-ring (bicyclic) bond motifs is 2. The first kappa shape index (κ1) is 24.0. The smallest absolute Gasteiger partial charge is 0.280 e. The lowest BCUT2D eigenvalue weighted by Gasteiger charge is -2.23. The van der Waals surface area contributed by atoms with Gasteiger partial charge in [-0.05, 0) is 19.1 Å². The molecule has 0 unspecified atom stereocenters. The monoisotopic (exact) mass is 485 g/mol. The van der Waals surface area contributed by atoms with Gasteiger partial charge in [-0.1, -0.05) is 0 Å². The van der Waals surface area contributed by atoms with Gasteiger partial charge in [0.25, 0.3) is 17.4 Å². The van der Waals surface area contributed by atoms with E-state index < -0.39 is 29.1 Å². The molecular formula is C22H24FN7O5. The summed E-state index contributed by atoms with van der Waals surface area (Å²) in [7, 11) is 4.59. The summed E-state index contributed by atoms with van der Waals surface area (Å²) in [6.07, 6.45) is 0.958. The average Bonchev–Trinajstić information content (AvgIpc) is 3.40. The lowest BCUT2D eigenvalue weighted by atomic mass is 10.2. The van der Waals surface area contributed by atoms with Crippen molar-refractivity contribution >= 4 is 29.2 Å². The Hall–Kier alpha value is -4.13. The van der Waals surface area contributed by atoms with E-state index in [0.29, 0.717) is 0 Å². The summed E-state index contributed by atoms with van der Waals surface area (Å²) >= 11 is 0. The Balaban J connectivity index is 1.82. The maximum Gasteiger partial charge on any atom is 0.280 e. The van der Waals surface area contributed by atoms with Gasteiger partial charge >= 0.3 is 0 Å². The van der Waals surface area contributed by atoms with Crippen LogP contribution in [0.4, 0.5) is 10.2 Å². The number of rotatable bonds is 7. The minimum absolute atomic E-state index is 0.00538. The van der Waals surface area contributed by atoms with Gasteiger partial charge in [0.05, 0.1) is 31.0 Å². The zero-order valence-electron chi connectivity index (χ0n) is 19.6. The van der Waals surface area contributed by atoms with Gasteiger partial charge in [-0.2, -0.15) is 9.61 Å². The number of hydrogen-bond acceptors (Lipinski definition) is 7. The molecule has 1 N–H and O–H groups in total. The second-order valence-corrected chi connectivity index (χ2v) is 8.36. The fourth-order valence-corrected chi connectivity index (χ4v) is 3.94. The number of ether oxygens (including phenoxy) is 1. The normalized spacial score (nSPS) is 13.7. The Morgan fingerprint density at radius 1 is 1.29 bits per heavy atom. The van der Waals surface area contributed by atoms with Crippen LogP contribution in [0, 0.1) is 5.82 Å². The van der Waals surface area contributed by atoms with Gasteiger partial charge in [-0.15, -0.1) is 0 Å². The van der Waals surface area contributed by atoms with E-state index in [1.165, 1.54) is 33.6 Å². The maximum atomic E-state index is 13.4. The number of aromatic nitrogens is 4. The molecule has 0 spiro atoms. The molecule has 184 valence electrons. The maximum absolute atomic E-state index is 13.4. The predicted molar refractivity (Wildman–Crippen MR) is 122 cm³/mol. The first-order valence-corrected chi connectivity index (χ1v) is 10.7. The molecule has 13 heteroatoms. The van der Waals surface area contributed by atoms with E-state index in [2.05, 4.69) is 15.4 Å². The standard InChI is InChI=1S/C22H24FN7O5/c1-12(11-35-4)28-9-14-19(22(28)34)29(10-17(31)25-16-6-5-13(23)8-24-16)18-7-15(21(33)27(2)3)26-30(18)20(14)32/h5-8,12H,9-11H2,1-4H3,(H,24,25,31)/t12-/m0/s1. The molecule has 3 amide bonds. The summed E-state index contributed by atoms with van der Waals surface area (Å²) in [6.45, 7) is 1.66. The van der Waals surface area contributed by atoms with E-state index in [9.17, 15) is 23.6 Å². The van der Waals surface area contributed by atoms with Gasteiger partial charge in [0, 0.05) is 27.3 Å². The molecule has 1 aliphatic rings. The van der Waals surface area contributed by atoms with Gasteiger partial charge in [0.1, 0.15) is 29.5 Å². The molecular weight excluding hydrogens is 461 g/mol. The average molecular weight is 485 g/mol. The van der Waals surface area contributed by atoms with Crippen molar-refractivity contribution in [3.05, 3.63) is 57.5 Å². The van der Waals surface area contributed by atoms with E-state index >= 15 is 0 Å². The second kappa shape index (κ2) is 9.25. The van der Waals surface area contributed by atoms with Gasteiger partial charge < -0.3 is 24.4 Å². The number of hydrogen-bond donors (Lipinski definition) is 1. The van der Waals surface area contributed by atoms with Crippen molar-refractivity contribution in [2.75, 3.05) is 33.1 Å². The van der Waals surface area contributed by atoms with Crippen LogP contribution in [0.15, 0.2) is 29.2 Å². The van der Waals surface area contributed by atoms with Crippen molar-refractivity contribution in [1.29, 1.82) is 0 Å². The summed E-state index contributed by atoms with van der Waals surface area (Å²) in [5.74, 6) is -1.91. The molecule has 0 saturated heterocycles. The van der Waals surface area contributed by atoms with Gasteiger partial charge in [0.15, 0.2) is 5.69 Å². The lowest BCUT2D eigenvalue weighted by molar-refractivity contribution is -0.116. The lowest BCUT2D eigenvalue weighted by Crippen LogP contribution is -2.37. The molecule has 0 fully saturated rings. The Morgan fingerprint density at radius 2 is 2.03 bits per heavy atom. The van der Waals surface area contributed by atoms with Crippen molar-refractivity contribution < 1.29 is 23.5 Å². The Morgan fingerprint density at radius 3 is 2.66 bits per heavy atom. The number of amides is 3. The molecule has 1 aliphatic heterocycles. The fourth-order valence-electron chi connectivity index (χ4n) is 3.94. The first-order chi connectivity index (χ1) is 16.6. The molecule has 4 rings (SSSR count). The highest BCUT2D eigenvalue weighted by Gasteiger charge is 2.37. The third-order valence-corrected chi connectivity index (χ3v) is 5.63. The largest absolute Gasteiger partial charge is 0.383 e. The Bertz CT molecular complexity index is 1380. The van der Waals surface area contributed by atoms with Gasteiger partial charge in [-0.25, -0.2) is 9.37 Å². The van der Waals surface area contributed by atoms with Crippen molar-refractivity contribution in [2.24, 2.45) is 0 Å². The number of anilines is 1. The summed E-state index contributed by atoms with van der Waals surface area (Å²) < 4.78 is 20.7. The minimum Gasteiger partial charge on any atom is -0.383 e. The quantitative estimate of drug-likeness (QED) is 0.511. The van der Waals surface area contributed by atoms with E-state index in [0.717, 1.165) is 16.8 Å². The van der Waals surface area contributed by atoms with Crippen LogP contribution in [-0.2, 0) is 22.6 Å². The number of carbonyl (C=O) groups excluding carboxylic acids is 3. The molecule has 0 aliphatic carbocycles. The Labute approximate surface area is 198 Å². The van der Waals surface area contributed by atoms with Crippen LogP contribution in [0.5, 0.6) is 0 Å². The third-order valence-electron chi connectivity index (χ3n) is 5.63. The molecule has 3 aromatic rings. The second-order valence-electron chi connectivity index (χ2n) is 8.36. The van der Waals surface area contributed by atoms with E-state index in [1.54, 1.807) is 21.0 Å². The molecule has 1 atom stereocenters. The summed E-state index contributed by atoms with van der Waals surface area (Å²) in [5, 5.41) is 6.70. The fraction of sp³-hybridized carbons (Fsp3) is 0.364. The number of nitrogens with zero attached hydrogens (tertiary/aromatic N) is 6. The van der Waals surface area contributed by atoms with E-state index in [4.69, 9.17) is 4.74 Å². The molecule has 0 bridgehead atoms. The number of pyridine rings is 1. The van der Waals surface area contributed by atoms with Crippen LogP contribution in [0.1, 0.15) is 33.5 Å². The molecule has 35 heavy (non-hydrogen) atoms. The minimum atomic E-state index is -0.574. The number of halogens is 1. The summed E-state index contributed by atoms with van der Waals surface area (Å²) in [5.41, 5.74) is -0.260. The first-order valence-electron chi connectivity index (χ1n) is 10.7. The van der Waals surface area contributed by atoms with Crippen LogP contribution in [0.2, 0.25) is 0 Å². The summed E-state index contributed by atoms with van der Waals surface area (Å²) in [4.78, 5) is 58.6. The van der Waals surface area contributed by atoms with Crippen LogP contribution >= 0.6 is 0 Å². The highest BCUT2D eigenvalue weighted by molar-refractivity contribution is 5.99. The molecule has 0 radical (unpaired) electrons. The molecule has 0 saturated carbocycles. The molecule has 3 aromatic heterocycles. The molecule has 4 heterocycles. The van der Waals surface area contributed by atoms with Gasteiger partial charge in [0.2, 0.25) is 5.91 Å². The molecule has 12 nitrogen and oxygen atoms in total. The highest BCUT2D eigenvalue weighted by atomic mass is 19.1. The van der Waals surface area contributed by atoms with Crippen LogP contribution in [0.25, 0.3) is 5.65 Å². The predicted octanol–water partition coefficient (Wildman–Crippen LogP) is 0.361. The SMILES string of the molecule is COC[C@H](C)N1Cc2c(n(CC(=O)Nc3ccc(F)cn3)c3cc(C(=O)N(C)C)nn3c2=O)C1=O. The van der Waals surface area contributed by atoms with Crippen LogP contribution < -0.4 is 10.9 Å². The highest BCUT2D eigenvalue weighted by Crippen LogP contribution is 2.25. The van der Waals surface area contributed by atoms with Crippen molar-refractivity contribution in [2.45, 2.75) is 26.1 Å². The number of nitrogens with one attached hydrogen (secondary N) is 1. The van der Waals surface area contributed by atoms with E-state index in [1.807, 2.05) is 0 Å². The summed E-state index contributed by atoms with van der Waals surface area (Å²) in [6, 6.07) is 3.47. The number of carbonyl (C=O) groups is 3. The van der Waals surface area contributed by atoms with Gasteiger partial charge in [-0.3, -0.25) is 19.2 Å². The zero-order chi connectivity index (χ0) is 25.4. The van der Waals surface area contributed by atoms with Crippen LogP contribution in [-0.4, -0.2) is 80.5 Å². The van der Waals surface area contributed by atoms with Crippen LogP contribution in [0.3, 0.4) is 0 Å². The zero-order valence-corrected chi connectivity index (χ0v) is 19.6. The number of methoxy groups -OCH3 is 1. The van der Waals surface area contributed by atoms with E-state index in [-0.39, 0.29) is 54.2 Å².